The predicted molar refractivity (Wildman–Crippen MR) is 83.0 cm³/mol. The molecule has 4 nitrogen and oxygen atoms in total. The number of nitrogens with one attached hydrogen (secondary N) is 1. The Morgan fingerprint density at radius 3 is 3.11 bits per heavy atom. The lowest BCUT2D eigenvalue weighted by Crippen LogP contribution is -2.28. The number of carbonyl (C=O) groups is 1. The van der Waals surface area contributed by atoms with Gasteiger partial charge in [0.1, 0.15) is 0 Å². The van der Waals surface area contributed by atoms with Crippen LogP contribution in [0.25, 0.3) is 0 Å². The summed E-state index contributed by atoms with van der Waals surface area (Å²) in [6.45, 7) is 6.08. The van der Waals surface area contributed by atoms with Crippen LogP contribution in [0.5, 0.6) is 0 Å². The molecule has 106 valence electrons. The fourth-order valence-electron chi connectivity index (χ4n) is 2.16. The Hall–Kier alpha value is -0.590. The summed E-state index contributed by atoms with van der Waals surface area (Å²) >= 11 is 3.60. The molecule has 1 saturated heterocycles. The van der Waals surface area contributed by atoms with E-state index in [2.05, 4.69) is 22.1 Å². The number of amides is 1. The molecule has 1 aliphatic heterocycles. The van der Waals surface area contributed by atoms with E-state index in [1.807, 2.05) is 12.3 Å². The highest BCUT2D eigenvalue weighted by molar-refractivity contribution is 8.00. The number of anilines is 1. The second-order valence-corrected chi connectivity index (χ2v) is 6.90. The molecule has 0 spiro atoms. The largest absolute Gasteiger partial charge is 0.310 e. The third kappa shape index (κ3) is 4.19. The molecule has 1 atom stereocenters. The van der Waals surface area contributed by atoms with Crippen LogP contribution in [-0.4, -0.2) is 35.0 Å². The number of thiazole rings is 1. The maximum absolute atomic E-state index is 11.4. The first-order valence-electron chi connectivity index (χ1n) is 6.75. The third-order valence-corrected chi connectivity index (χ3v) is 5.48. The lowest BCUT2D eigenvalue weighted by Gasteiger charge is -2.14. The van der Waals surface area contributed by atoms with Crippen LogP contribution in [0.1, 0.15) is 32.4 Å². The van der Waals surface area contributed by atoms with Crippen molar-refractivity contribution in [3.8, 4) is 0 Å². The van der Waals surface area contributed by atoms with Gasteiger partial charge in [0, 0.05) is 37.2 Å². The second kappa shape index (κ2) is 7.26. The van der Waals surface area contributed by atoms with Gasteiger partial charge in [-0.25, -0.2) is 4.98 Å². The molecule has 1 aliphatic rings. The Balaban J connectivity index is 1.81. The molecule has 1 fully saturated rings. The van der Waals surface area contributed by atoms with Crippen LogP contribution in [0, 0.1) is 0 Å². The number of carbonyl (C=O) groups excluding carboxylic acids is 1. The van der Waals surface area contributed by atoms with Gasteiger partial charge in [-0.1, -0.05) is 0 Å². The lowest BCUT2D eigenvalue weighted by molar-refractivity contribution is -0.116. The standard InChI is InChI=1S/C13H21N3OS2/c1-3-16(10(2)17)13-15-11(9-19-13)7-14-8-12-5-4-6-18-12/h9,12,14H,3-8H2,1-2H3. The quantitative estimate of drug-likeness (QED) is 0.876. The summed E-state index contributed by atoms with van der Waals surface area (Å²) < 4.78 is 0. The average molecular weight is 299 g/mol. The van der Waals surface area contributed by atoms with Crippen LogP contribution in [-0.2, 0) is 11.3 Å². The van der Waals surface area contributed by atoms with E-state index in [1.165, 1.54) is 18.6 Å². The maximum atomic E-state index is 11.4. The van der Waals surface area contributed by atoms with Crippen LogP contribution in [0.15, 0.2) is 5.38 Å². The molecule has 0 saturated carbocycles. The Labute approximate surface area is 123 Å². The number of nitrogens with zero attached hydrogens (tertiary/aromatic N) is 2. The second-order valence-electron chi connectivity index (χ2n) is 4.65. The predicted octanol–water partition coefficient (Wildman–Crippen LogP) is 2.50. The van der Waals surface area contributed by atoms with Crippen LogP contribution in [0.3, 0.4) is 0 Å². The zero-order valence-electron chi connectivity index (χ0n) is 11.5. The molecule has 0 bridgehead atoms. The van der Waals surface area contributed by atoms with Crippen molar-refractivity contribution in [3.05, 3.63) is 11.1 Å². The first-order chi connectivity index (χ1) is 9.20. The monoisotopic (exact) mass is 299 g/mol. The fourth-order valence-corrected chi connectivity index (χ4v) is 4.33. The molecule has 0 radical (unpaired) electrons. The number of hydrogen-bond acceptors (Lipinski definition) is 5. The number of hydrogen-bond donors (Lipinski definition) is 1. The third-order valence-electron chi connectivity index (χ3n) is 3.17. The van der Waals surface area contributed by atoms with Crippen LogP contribution < -0.4 is 10.2 Å². The molecule has 1 N–H and O–H groups in total. The van der Waals surface area contributed by atoms with Crippen molar-refractivity contribution in [2.24, 2.45) is 0 Å². The first kappa shape index (κ1) is 14.8. The highest BCUT2D eigenvalue weighted by atomic mass is 32.2. The molecule has 0 aliphatic carbocycles. The molecular formula is C13H21N3OS2. The zero-order chi connectivity index (χ0) is 13.7. The van der Waals surface area contributed by atoms with Gasteiger partial charge in [-0.05, 0) is 25.5 Å². The Morgan fingerprint density at radius 1 is 1.63 bits per heavy atom. The van der Waals surface area contributed by atoms with Gasteiger partial charge < -0.3 is 5.32 Å². The van der Waals surface area contributed by atoms with Gasteiger partial charge in [0.15, 0.2) is 5.13 Å². The summed E-state index contributed by atoms with van der Waals surface area (Å²) in [5.74, 6) is 1.36. The molecule has 2 heterocycles. The molecule has 2 rings (SSSR count). The molecular weight excluding hydrogens is 278 g/mol. The molecule has 1 unspecified atom stereocenters. The van der Waals surface area contributed by atoms with Crippen LogP contribution >= 0.6 is 23.1 Å². The van der Waals surface area contributed by atoms with E-state index in [9.17, 15) is 4.79 Å². The summed E-state index contributed by atoms with van der Waals surface area (Å²) in [6, 6.07) is 0. The van der Waals surface area contributed by atoms with Crippen molar-refractivity contribution in [1.82, 2.24) is 10.3 Å². The molecule has 0 aromatic carbocycles. The summed E-state index contributed by atoms with van der Waals surface area (Å²) in [4.78, 5) is 17.7. The van der Waals surface area contributed by atoms with E-state index in [-0.39, 0.29) is 5.91 Å². The fraction of sp³-hybridized carbons (Fsp3) is 0.692. The highest BCUT2D eigenvalue weighted by Gasteiger charge is 2.16. The van der Waals surface area contributed by atoms with Crippen molar-refractivity contribution < 1.29 is 4.79 Å². The Kier molecular flexibility index (Phi) is 5.66. The van der Waals surface area contributed by atoms with Gasteiger partial charge in [0.2, 0.25) is 5.91 Å². The van der Waals surface area contributed by atoms with Crippen LogP contribution in [0.2, 0.25) is 0 Å². The van der Waals surface area contributed by atoms with Gasteiger partial charge in [0.25, 0.3) is 0 Å². The van der Waals surface area contributed by atoms with E-state index in [0.29, 0.717) is 6.54 Å². The number of rotatable bonds is 6. The minimum absolute atomic E-state index is 0.0544. The summed E-state index contributed by atoms with van der Waals surface area (Å²) in [5.41, 5.74) is 1.03. The topological polar surface area (TPSA) is 45.2 Å². The van der Waals surface area contributed by atoms with Crippen molar-refractivity contribution in [2.45, 2.75) is 38.5 Å². The van der Waals surface area contributed by atoms with E-state index < -0.39 is 0 Å². The molecule has 1 amide bonds. The average Bonchev–Trinajstić information content (AvgIpc) is 3.02. The van der Waals surface area contributed by atoms with Gasteiger partial charge in [-0.2, -0.15) is 11.8 Å². The molecule has 1 aromatic heterocycles. The highest BCUT2D eigenvalue weighted by Crippen LogP contribution is 2.25. The zero-order valence-corrected chi connectivity index (χ0v) is 13.1. The smallest absolute Gasteiger partial charge is 0.225 e. The van der Waals surface area contributed by atoms with E-state index in [0.717, 1.165) is 29.2 Å². The number of aromatic nitrogens is 1. The van der Waals surface area contributed by atoms with Gasteiger partial charge in [-0.3, -0.25) is 9.69 Å². The number of thioether (sulfide) groups is 1. The minimum atomic E-state index is 0.0544. The lowest BCUT2D eigenvalue weighted by atomic mass is 10.2. The Morgan fingerprint density at radius 2 is 2.47 bits per heavy atom. The summed E-state index contributed by atoms with van der Waals surface area (Å²) in [7, 11) is 0. The maximum Gasteiger partial charge on any atom is 0.225 e. The van der Waals surface area contributed by atoms with Crippen LogP contribution in [0.4, 0.5) is 5.13 Å². The van der Waals surface area contributed by atoms with E-state index in [4.69, 9.17) is 0 Å². The van der Waals surface area contributed by atoms with E-state index in [1.54, 1.807) is 23.2 Å². The molecule has 1 aromatic rings. The van der Waals surface area contributed by atoms with Crippen molar-refractivity contribution in [1.29, 1.82) is 0 Å². The Bertz CT molecular complexity index is 416. The normalized spacial score (nSPS) is 18.7. The van der Waals surface area contributed by atoms with Crippen molar-refractivity contribution in [3.63, 3.8) is 0 Å². The first-order valence-corrected chi connectivity index (χ1v) is 8.68. The van der Waals surface area contributed by atoms with Gasteiger partial charge in [0.05, 0.1) is 5.69 Å². The summed E-state index contributed by atoms with van der Waals surface area (Å²) in [6.07, 6.45) is 2.68. The molecule has 19 heavy (non-hydrogen) atoms. The van der Waals surface area contributed by atoms with E-state index >= 15 is 0 Å². The van der Waals surface area contributed by atoms with Crippen molar-refractivity contribution in [2.75, 3.05) is 23.7 Å². The molecule has 6 heteroatoms. The van der Waals surface area contributed by atoms with Gasteiger partial charge >= 0.3 is 0 Å². The SMILES string of the molecule is CCN(C(C)=O)c1nc(CNCC2CCCS2)cs1. The summed E-state index contributed by atoms with van der Waals surface area (Å²) in [5, 5.41) is 7.07. The van der Waals surface area contributed by atoms with Gasteiger partial charge in [-0.15, -0.1) is 11.3 Å². The minimum Gasteiger partial charge on any atom is -0.310 e. The van der Waals surface area contributed by atoms with Crippen molar-refractivity contribution >= 4 is 34.1 Å².